The van der Waals surface area contributed by atoms with E-state index in [1.807, 2.05) is 43.3 Å². The molecule has 0 saturated heterocycles. The molecule has 1 aromatic heterocycles. The molecule has 1 amide bonds. The molecule has 0 saturated carbocycles. The lowest BCUT2D eigenvalue weighted by Gasteiger charge is -2.20. The van der Waals surface area contributed by atoms with Crippen molar-refractivity contribution in [1.29, 1.82) is 0 Å². The number of anilines is 1. The zero-order valence-corrected chi connectivity index (χ0v) is 15.4. The molecule has 2 aromatic carbocycles. The highest BCUT2D eigenvalue weighted by Crippen LogP contribution is 2.38. The Balaban J connectivity index is 1.58. The van der Waals surface area contributed by atoms with Gasteiger partial charge in [-0.2, -0.15) is 0 Å². The predicted octanol–water partition coefficient (Wildman–Crippen LogP) is 4.73. The number of carbonyl (C=O) groups is 1. The third-order valence-electron chi connectivity index (χ3n) is 4.28. The van der Waals surface area contributed by atoms with Crippen molar-refractivity contribution in [3.05, 3.63) is 70.9 Å². The van der Waals surface area contributed by atoms with E-state index in [0.29, 0.717) is 46.7 Å². The van der Waals surface area contributed by atoms with Gasteiger partial charge >= 0.3 is 0 Å². The zero-order valence-electron chi connectivity index (χ0n) is 14.7. The van der Waals surface area contributed by atoms with Gasteiger partial charge in [0.2, 0.25) is 0 Å². The highest BCUT2D eigenvalue weighted by molar-refractivity contribution is 6.34. The summed E-state index contributed by atoms with van der Waals surface area (Å²) in [5.41, 5.74) is 3.42. The summed E-state index contributed by atoms with van der Waals surface area (Å²) in [6.45, 7) is 2.76. The molecule has 0 atom stereocenters. The van der Waals surface area contributed by atoms with Crippen LogP contribution in [-0.2, 0) is 0 Å². The minimum absolute atomic E-state index is 0.279. The van der Waals surface area contributed by atoms with Gasteiger partial charge in [0.25, 0.3) is 5.91 Å². The molecule has 6 heteroatoms. The van der Waals surface area contributed by atoms with Gasteiger partial charge in [-0.25, -0.2) is 0 Å². The molecule has 0 bridgehead atoms. The Hall–Kier alpha value is -3.05. The number of rotatable bonds is 3. The van der Waals surface area contributed by atoms with Crippen molar-refractivity contribution >= 4 is 23.2 Å². The van der Waals surface area contributed by atoms with Gasteiger partial charge in [-0.15, -0.1) is 0 Å². The summed E-state index contributed by atoms with van der Waals surface area (Å²) in [4.78, 5) is 17.3. The van der Waals surface area contributed by atoms with Crippen LogP contribution in [-0.4, -0.2) is 24.1 Å². The molecular weight excluding hydrogens is 364 g/mol. The molecule has 27 heavy (non-hydrogen) atoms. The fourth-order valence-electron chi connectivity index (χ4n) is 2.92. The molecule has 1 aliphatic rings. The number of benzene rings is 2. The highest BCUT2D eigenvalue weighted by atomic mass is 35.5. The Kier molecular flexibility index (Phi) is 4.69. The Labute approximate surface area is 161 Å². The average molecular weight is 381 g/mol. The number of aromatic nitrogens is 1. The van der Waals surface area contributed by atoms with Crippen molar-refractivity contribution in [2.45, 2.75) is 6.92 Å². The van der Waals surface area contributed by atoms with E-state index in [-0.39, 0.29) is 5.91 Å². The van der Waals surface area contributed by atoms with Gasteiger partial charge in [0.1, 0.15) is 13.2 Å². The van der Waals surface area contributed by atoms with Crippen LogP contribution in [0.3, 0.4) is 0 Å². The second-order valence-corrected chi connectivity index (χ2v) is 6.53. The Morgan fingerprint density at radius 3 is 2.44 bits per heavy atom. The van der Waals surface area contributed by atoms with Crippen LogP contribution in [0.1, 0.15) is 16.1 Å². The molecule has 2 heterocycles. The summed E-state index contributed by atoms with van der Waals surface area (Å²) < 4.78 is 11.0. The first-order valence-electron chi connectivity index (χ1n) is 8.55. The third kappa shape index (κ3) is 3.59. The number of nitrogens with one attached hydrogen (secondary N) is 1. The van der Waals surface area contributed by atoms with E-state index in [1.54, 1.807) is 18.2 Å². The Bertz CT molecular complexity index is 1010. The number of fused-ring (bicyclic) bond motifs is 1. The number of nitrogens with zero attached hydrogens (tertiary/aromatic N) is 1. The van der Waals surface area contributed by atoms with Crippen LogP contribution in [0.25, 0.3) is 11.3 Å². The van der Waals surface area contributed by atoms with Crippen LogP contribution in [0.15, 0.2) is 54.6 Å². The number of hydrogen-bond donors (Lipinski definition) is 1. The number of ether oxygens (including phenoxy) is 2. The van der Waals surface area contributed by atoms with E-state index in [9.17, 15) is 4.79 Å². The van der Waals surface area contributed by atoms with Gasteiger partial charge in [0.05, 0.1) is 27.7 Å². The molecule has 0 radical (unpaired) electrons. The average Bonchev–Trinajstić information content (AvgIpc) is 2.69. The summed E-state index contributed by atoms with van der Waals surface area (Å²) in [5, 5.41) is 3.22. The molecule has 1 N–H and O–H groups in total. The van der Waals surface area contributed by atoms with Crippen molar-refractivity contribution in [3.8, 4) is 22.8 Å². The molecule has 5 nitrogen and oxygen atoms in total. The fourth-order valence-corrected chi connectivity index (χ4v) is 3.12. The SMILES string of the molecule is Cc1nc(-c2ccccc2)ccc1C(=O)Nc1cc2c(cc1Cl)OCCO2. The highest BCUT2D eigenvalue weighted by Gasteiger charge is 2.18. The molecule has 3 aromatic rings. The van der Waals surface area contributed by atoms with E-state index in [4.69, 9.17) is 21.1 Å². The van der Waals surface area contributed by atoms with Crippen LogP contribution in [0.5, 0.6) is 11.5 Å². The number of halogens is 1. The van der Waals surface area contributed by atoms with E-state index >= 15 is 0 Å². The topological polar surface area (TPSA) is 60.5 Å². The van der Waals surface area contributed by atoms with Gasteiger partial charge in [0.15, 0.2) is 11.5 Å². The van der Waals surface area contributed by atoms with Crippen LogP contribution in [0.4, 0.5) is 5.69 Å². The van der Waals surface area contributed by atoms with Gasteiger partial charge in [-0.05, 0) is 19.1 Å². The van der Waals surface area contributed by atoms with Crippen molar-refractivity contribution in [3.63, 3.8) is 0 Å². The molecule has 0 spiro atoms. The minimum atomic E-state index is -0.279. The maximum Gasteiger partial charge on any atom is 0.257 e. The summed E-state index contributed by atoms with van der Waals surface area (Å²) in [6, 6.07) is 16.8. The predicted molar refractivity (Wildman–Crippen MR) is 105 cm³/mol. The van der Waals surface area contributed by atoms with Crippen molar-refractivity contribution in [2.24, 2.45) is 0 Å². The maximum absolute atomic E-state index is 12.7. The standard InChI is InChI=1S/C21H17ClN2O3/c1-13-15(7-8-17(23-13)14-5-3-2-4-6-14)21(25)24-18-12-20-19(11-16(18)22)26-9-10-27-20/h2-8,11-12H,9-10H2,1H3,(H,24,25). The molecular formula is C21H17ClN2O3. The molecule has 0 unspecified atom stereocenters. The lowest BCUT2D eigenvalue weighted by Crippen LogP contribution is -2.17. The van der Waals surface area contributed by atoms with Crippen molar-refractivity contribution in [2.75, 3.05) is 18.5 Å². The lowest BCUT2D eigenvalue weighted by molar-refractivity contribution is 0.102. The molecule has 0 aliphatic carbocycles. The minimum Gasteiger partial charge on any atom is -0.486 e. The van der Waals surface area contributed by atoms with Gasteiger partial charge in [-0.1, -0.05) is 41.9 Å². The summed E-state index contributed by atoms with van der Waals surface area (Å²) in [5.74, 6) is 0.864. The van der Waals surface area contributed by atoms with Crippen molar-refractivity contribution < 1.29 is 14.3 Å². The number of hydrogen-bond acceptors (Lipinski definition) is 4. The lowest BCUT2D eigenvalue weighted by atomic mass is 10.1. The largest absolute Gasteiger partial charge is 0.486 e. The van der Waals surface area contributed by atoms with Crippen LogP contribution in [0.2, 0.25) is 5.02 Å². The molecule has 0 fully saturated rings. The third-order valence-corrected chi connectivity index (χ3v) is 4.59. The first-order chi connectivity index (χ1) is 13.1. The maximum atomic E-state index is 12.7. The van der Waals surface area contributed by atoms with Crippen LogP contribution < -0.4 is 14.8 Å². The number of aryl methyl sites for hydroxylation is 1. The quantitative estimate of drug-likeness (QED) is 0.713. The second kappa shape index (κ2) is 7.29. The summed E-state index contributed by atoms with van der Waals surface area (Å²) in [7, 11) is 0. The monoisotopic (exact) mass is 380 g/mol. The first-order valence-corrected chi connectivity index (χ1v) is 8.93. The van der Waals surface area contributed by atoms with Crippen LogP contribution in [0, 0.1) is 6.92 Å². The van der Waals surface area contributed by atoms with E-state index < -0.39 is 0 Å². The van der Waals surface area contributed by atoms with E-state index in [2.05, 4.69) is 10.3 Å². The Morgan fingerprint density at radius 2 is 1.74 bits per heavy atom. The Morgan fingerprint density at radius 1 is 1.04 bits per heavy atom. The van der Waals surface area contributed by atoms with E-state index in [1.165, 1.54) is 0 Å². The molecule has 4 rings (SSSR count). The zero-order chi connectivity index (χ0) is 18.8. The molecule has 1 aliphatic heterocycles. The van der Waals surface area contributed by atoms with Gasteiger partial charge < -0.3 is 14.8 Å². The van der Waals surface area contributed by atoms with Gasteiger partial charge in [0, 0.05) is 17.7 Å². The van der Waals surface area contributed by atoms with Crippen LogP contribution >= 0.6 is 11.6 Å². The summed E-state index contributed by atoms with van der Waals surface area (Å²) >= 11 is 6.27. The first kappa shape index (κ1) is 17.4. The summed E-state index contributed by atoms with van der Waals surface area (Å²) in [6.07, 6.45) is 0. The van der Waals surface area contributed by atoms with Crippen molar-refractivity contribution in [1.82, 2.24) is 4.98 Å². The van der Waals surface area contributed by atoms with Gasteiger partial charge in [-0.3, -0.25) is 9.78 Å². The number of amides is 1. The fraction of sp³-hybridized carbons (Fsp3) is 0.143. The normalized spacial score (nSPS) is 12.5. The smallest absolute Gasteiger partial charge is 0.257 e. The number of carbonyl (C=O) groups excluding carboxylic acids is 1. The second-order valence-electron chi connectivity index (χ2n) is 6.13. The van der Waals surface area contributed by atoms with E-state index in [0.717, 1.165) is 11.3 Å². The number of pyridine rings is 1. The molecule has 136 valence electrons.